The van der Waals surface area contributed by atoms with E-state index in [9.17, 15) is 35.5 Å². The molecule has 0 radical (unpaired) electrons. The smallest absolute Gasteiger partial charge is 0.297 e. The quantitative estimate of drug-likeness (QED) is 0.396. The summed E-state index contributed by atoms with van der Waals surface area (Å²) in [6.45, 7) is 3.62. The summed E-state index contributed by atoms with van der Waals surface area (Å²) in [6, 6.07) is 5.50. The van der Waals surface area contributed by atoms with Crippen molar-refractivity contribution in [1.82, 2.24) is 0 Å². The summed E-state index contributed by atoms with van der Waals surface area (Å²) < 4.78 is 84.0. The molecule has 0 saturated carbocycles. The first-order chi connectivity index (χ1) is 13.8. The summed E-state index contributed by atoms with van der Waals surface area (Å²) in [6.07, 6.45) is -7.33. The summed E-state index contributed by atoms with van der Waals surface area (Å²) in [7, 11) is -13.2. The van der Waals surface area contributed by atoms with Crippen LogP contribution in [0, 0.1) is 6.92 Å². The van der Waals surface area contributed by atoms with Crippen molar-refractivity contribution in [3.8, 4) is 0 Å². The van der Waals surface area contributed by atoms with Crippen LogP contribution in [-0.2, 0) is 38.7 Å². The minimum absolute atomic E-state index is 0. The van der Waals surface area contributed by atoms with Gasteiger partial charge < -0.3 is 20.4 Å². The van der Waals surface area contributed by atoms with Crippen molar-refractivity contribution >= 4 is 29.8 Å². The Bertz CT molecular complexity index is 1010. The molecule has 4 atom stereocenters. The van der Waals surface area contributed by atoms with Crippen LogP contribution in [0.15, 0.2) is 29.2 Å². The molecule has 1 aliphatic rings. The third-order valence-electron chi connectivity index (χ3n) is 4.84. The second-order valence-corrected chi connectivity index (χ2v) is 13.6. The Morgan fingerprint density at radius 3 is 1.94 bits per heavy atom. The highest BCUT2D eigenvalue weighted by Gasteiger charge is 2.53. The Balaban J connectivity index is 0.00000480. The van der Waals surface area contributed by atoms with Crippen molar-refractivity contribution in [3.05, 3.63) is 29.8 Å². The Morgan fingerprint density at radius 1 is 1.00 bits per heavy atom. The second-order valence-electron chi connectivity index (χ2n) is 6.96. The topological polar surface area (TPSA) is 193 Å². The van der Waals surface area contributed by atoms with Crippen molar-refractivity contribution < 1.29 is 49.9 Å². The van der Waals surface area contributed by atoms with E-state index in [-0.39, 0.29) is 10.4 Å². The molecule has 180 valence electrons. The maximum absolute atomic E-state index is 12.7. The molecule has 14 heteroatoms. The minimum atomic E-state index is -4.54. The van der Waals surface area contributed by atoms with Gasteiger partial charge in [-0.1, -0.05) is 31.5 Å². The lowest BCUT2D eigenvalue weighted by Crippen LogP contribution is -2.61. The maximum atomic E-state index is 12.7. The highest BCUT2D eigenvalue weighted by atomic mass is 32.3. The van der Waals surface area contributed by atoms with Crippen LogP contribution < -0.4 is 0 Å². The van der Waals surface area contributed by atoms with Crippen molar-refractivity contribution in [3.63, 3.8) is 0 Å². The predicted octanol–water partition coefficient (Wildman–Crippen LogP) is -1.44. The molecule has 0 amide bonds. The molecule has 1 aliphatic heterocycles. The summed E-state index contributed by atoms with van der Waals surface area (Å²) in [5.74, 6) is -1.13. The first-order valence-corrected chi connectivity index (χ1v) is 14.0. The largest absolute Gasteiger partial charge is 0.412 e. The maximum Gasteiger partial charge on any atom is 0.297 e. The lowest BCUT2D eigenvalue weighted by atomic mass is 10.0. The van der Waals surface area contributed by atoms with Crippen LogP contribution in [0.3, 0.4) is 0 Å². The molecule has 31 heavy (non-hydrogen) atoms. The molecule has 0 unspecified atom stereocenters. The van der Waals surface area contributed by atoms with Gasteiger partial charge in [0, 0.05) is 11.5 Å². The van der Waals surface area contributed by atoms with Crippen LogP contribution in [0.1, 0.15) is 19.4 Å². The molecule has 0 spiro atoms. The Hall–Kier alpha value is -1.13. The van der Waals surface area contributed by atoms with E-state index in [1.54, 1.807) is 6.92 Å². The highest BCUT2D eigenvalue weighted by molar-refractivity contribution is 8.09. The van der Waals surface area contributed by atoms with Gasteiger partial charge in [0.25, 0.3) is 10.1 Å². The molecule has 11 nitrogen and oxygen atoms in total. The number of aryl methyl sites for hydroxylation is 1. The van der Waals surface area contributed by atoms with Gasteiger partial charge in [0.15, 0.2) is 24.3 Å². The van der Waals surface area contributed by atoms with E-state index >= 15 is 0 Å². The van der Waals surface area contributed by atoms with E-state index in [1.807, 2.05) is 0 Å². The number of aliphatic hydroxyl groups is 2. The summed E-state index contributed by atoms with van der Waals surface area (Å²) in [4.78, 5) is -0.285. The lowest BCUT2D eigenvalue weighted by Gasteiger charge is -2.40. The van der Waals surface area contributed by atoms with Crippen molar-refractivity contribution in [2.24, 2.45) is 0 Å². The van der Waals surface area contributed by atoms with Gasteiger partial charge in [-0.2, -0.15) is 8.42 Å². The van der Waals surface area contributed by atoms with E-state index in [1.165, 1.54) is 38.1 Å². The molecule has 1 aromatic carbocycles. The average molecular weight is 505 g/mol. The zero-order chi connectivity index (χ0) is 22.9. The van der Waals surface area contributed by atoms with E-state index < -0.39 is 76.9 Å². The van der Waals surface area contributed by atoms with Gasteiger partial charge in [-0.25, -0.2) is 16.8 Å². The van der Waals surface area contributed by atoms with Gasteiger partial charge in [0.05, 0.1) is 11.5 Å². The van der Waals surface area contributed by atoms with Gasteiger partial charge in [0.1, 0.15) is 24.4 Å². The Kier molecular flexibility index (Phi) is 9.19. The standard InChI is InChI=1S/C17H26O10S3.H2O/c1-4-28(20,21)17(29(22,23)5-2)16-15(14(19)13(18)10-26-16)27-30(24,25)12-8-6-11(3)7-9-12;/h6-9,13-19H,4-5,10H2,1-3H3;1H2/t13-,14-,15+,16+;/m1./s1. The molecular formula is C17H28O11S3. The monoisotopic (exact) mass is 504 g/mol. The number of benzene rings is 1. The molecule has 2 rings (SSSR count). The molecule has 1 saturated heterocycles. The van der Waals surface area contributed by atoms with Gasteiger partial charge in [0.2, 0.25) is 0 Å². The SMILES string of the molecule is CCS(=O)(=O)C([C@H]1OC[C@@H](O)[C@@H](O)[C@@H]1OS(=O)(=O)c1ccc(C)cc1)S(=O)(=O)CC.O. The third kappa shape index (κ3) is 6.01. The molecule has 0 aliphatic carbocycles. The molecule has 0 aromatic heterocycles. The molecule has 1 fully saturated rings. The normalized spacial score (nSPS) is 25.2. The lowest BCUT2D eigenvalue weighted by molar-refractivity contribution is -0.173. The fourth-order valence-electron chi connectivity index (χ4n) is 3.03. The van der Waals surface area contributed by atoms with Crippen LogP contribution in [0.2, 0.25) is 0 Å². The van der Waals surface area contributed by atoms with Gasteiger partial charge in [-0.3, -0.25) is 4.18 Å². The van der Waals surface area contributed by atoms with Gasteiger partial charge in [-0.15, -0.1) is 0 Å². The average Bonchev–Trinajstić information content (AvgIpc) is 2.67. The van der Waals surface area contributed by atoms with E-state index in [4.69, 9.17) is 8.92 Å². The summed E-state index contributed by atoms with van der Waals surface area (Å²) >= 11 is 0. The summed E-state index contributed by atoms with van der Waals surface area (Å²) in [5.41, 5.74) is 0.770. The molecule has 0 bridgehead atoms. The fourth-order valence-corrected chi connectivity index (χ4v) is 8.67. The zero-order valence-electron chi connectivity index (χ0n) is 17.2. The number of sulfone groups is 2. The van der Waals surface area contributed by atoms with Crippen LogP contribution in [0.4, 0.5) is 0 Å². The van der Waals surface area contributed by atoms with E-state index in [0.29, 0.717) is 0 Å². The fraction of sp³-hybridized carbons (Fsp3) is 0.647. The number of hydrogen-bond donors (Lipinski definition) is 2. The van der Waals surface area contributed by atoms with Crippen LogP contribution in [0.25, 0.3) is 0 Å². The van der Waals surface area contributed by atoms with Crippen molar-refractivity contribution in [1.29, 1.82) is 0 Å². The van der Waals surface area contributed by atoms with E-state index in [0.717, 1.165) is 5.56 Å². The van der Waals surface area contributed by atoms with Crippen molar-refractivity contribution in [2.45, 2.75) is 54.7 Å². The highest BCUT2D eigenvalue weighted by Crippen LogP contribution is 2.31. The van der Waals surface area contributed by atoms with Crippen LogP contribution >= 0.6 is 0 Å². The van der Waals surface area contributed by atoms with Crippen LogP contribution in [0.5, 0.6) is 0 Å². The first kappa shape index (κ1) is 27.9. The minimum Gasteiger partial charge on any atom is -0.412 e. The molecule has 1 aromatic rings. The van der Waals surface area contributed by atoms with Gasteiger partial charge >= 0.3 is 0 Å². The third-order valence-corrected chi connectivity index (χ3v) is 11.5. The number of rotatable bonds is 8. The number of aliphatic hydroxyl groups excluding tert-OH is 2. The van der Waals surface area contributed by atoms with E-state index in [2.05, 4.69) is 0 Å². The van der Waals surface area contributed by atoms with Gasteiger partial charge in [-0.05, 0) is 19.1 Å². The predicted molar refractivity (Wildman–Crippen MR) is 111 cm³/mol. The Morgan fingerprint density at radius 2 is 1.48 bits per heavy atom. The molecular weight excluding hydrogens is 476 g/mol. The summed E-state index contributed by atoms with van der Waals surface area (Å²) in [5, 5.41) is 20.3. The number of ether oxygens (including phenoxy) is 1. The van der Waals surface area contributed by atoms with Crippen molar-refractivity contribution in [2.75, 3.05) is 18.1 Å². The Labute approximate surface area is 182 Å². The molecule has 4 N–H and O–H groups in total. The van der Waals surface area contributed by atoms with Crippen LogP contribution in [-0.4, -0.2) is 88.1 Å². The molecule has 1 heterocycles. The number of hydrogen-bond acceptors (Lipinski definition) is 10. The zero-order valence-corrected chi connectivity index (χ0v) is 19.7. The first-order valence-electron chi connectivity index (χ1n) is 9.17. The second kappa shape index (κ2) is 10.2.